The van der Waals surface area contributed by atoms with Crippen LogP contribution in [-0.2, 0) is 11.2 Å². The van der Waals surface area contributed by atoms with Gasteiger partial charge >= 0.3 is 0 Å². The van der Waals surface area contributed by atoms with E-state index in [2.05, 4.69) is 27.9 Å². The maximum Gasteiger partial charge on any atom is 0.240 e. The molecule has 162 valence electrons. The quantitative estimate of drug-likeness (QED) is 0.536. The van der Waals surface area contributed by atoms with Gasteiger partial charge in [0.05, 0.1) is 12.6 Å². The van der Waals surface area contributed by atoms with Crippen LogP contribution in [0, 0.1) is 0 Å². The predicted octanol–water partition coefficient (Wildman–Crippen LogP) is 4.68. The molecule has 3 aromatic rings. The van der Waals surface area contributed by atoms with Crippen molar-refractivity contribution in [3.8, 4) is 5.75 Å². The first-order valence-electron chi connectivity index (χ1n) is 10.3. The molecule has 2 N–H and O–H groups in total. The highest BCUT2D eigenvalue weighted by atomic mass is 35.5. The van der Waals surface area contributed by atoms with Gasteiger partial charge in [-0.3, -0.25) is 4.79 Å². The van der Waals surface area contributed by atoms with E-state index >= 15 is 0 Å². The van der Waals surface area contributed by atoms with Crippen molar-refractivity contribution in [2.75, 3.05) is 17.3 Å². The van der Waals surface area contributed by atoms with E-state index in [9.17, 15) is 4.79 Å². The van der Waals surface area contributed by atoms with Crippen molar-refractivity contribution < 1.29 is 9.53 Å². The maximum atomic E-state index is 13.3. The minimum atomic E-state index is -0.455. The van der Waals surface area contributed by atoms with Gasteiger partial charge in [-0.25, -0.2) is 4.68 Å². The molecular formula is C22H24ClN5O2S. The molecule has 1 aliphatic rings. The fraction of sp³-hybridized carbons (Fsp3) is 0.318. The summed E-state index contributed by atoms with van der Waals surface area (Å²) in [4.78, 5) is 13.3. The summed E-state index contributed by atoms with van der Waals surface area (Å²) in [5, 5.41) is 12.4. The molecule has 0 aliphatic carbocycles. The molecule has 31 heavy (non-hydrogen) atoms. The molecule has 0 spiro atoms. The number of aromatic nitrogens is 3. The maximum absolute atomic E-state index is 13.3. The molecule has 0 unspecified atom stereocenters. The van der Waals surface area contributed by atoms with E-state index in [0.717, 1.165) is 30.0 Å². The highest BCUT2D eigenvalue weighted by molar-refractivity contribution is 8.00. The summed E-state index contributed by atoms with van der Waals surface area (Å²) in [6, 6.07) is 14.7. The van der Waals surface area contributed by atoms with Crippen molar-refractivity contribution in [2.24, 2.45) is 0 Å². The third kappa shape index (κ3) is 4.80. The highest BCUT2D eigenvalue weighted by Gasteiger charge is 2.37. The number of benzene rings is 2. The van der Waals surface area contributed by atoms with Crippen molar-refractivity contribution in [1.29, 1.82) is 0 Å². The minimum absolute atomic E-state index is 0.134. The Balaban J connectivity index is 1.65. The van der Waals surface area contributed by atoms with Crippen LogP contribution in [0.2, 0.25) is 5.02 Å². The molecule has 2 aromatic carbocycles. The van der Waals surface area contributed by atoms with Gasteiger partial charge in [0.1, 0.15) is 11.0 Å². The van der Waals surface area contributed by atoms with Gasteiger partial charge in [0.2, 0.25) is 11.1 Å². The van der Waals surface area contributed by atoms with Crippen LogP contribution in [-0.4, -0.2) is 32.6 Å². The Morgan fingerprint density at radius 2 is 2.03 bits per heavy atom. The lowest BCUT2D eigenvalue weighted by atomic mass is 10.0. The molecule has 1 amide bonds. The molecule has 0 radical (unpaired) electrons. The molecule has 0 bridgehead atoms. The third-order valence-electron chi connectivity index (χ3n) is 4.88. The Kier molecular flexibility index (Phi) is 6.67. The van der Waals surface area contributed by atoms with Crippen LogP contribution in [0.25, 0.3) is 0 Å². The van der Waals surface area contributed by atoms with E-state index in [-0.39, 0.29) is 11.9 Å². The number of nitrogens with one attached hydrogen (secondary N) is 2. The van der Waals surface area contributed by atoms with Gasteiger partial charge in [0.15, 0.2) is 5.82 Å². The molecule has 2 atom stereocenters. The van der Waals surface area contributed by atoms with Crippen molar-refractivity contribution in [3.05, 3.63) is 64.9 Å². The van der Waals surface area contributed by atoms with Crippen LogP contribution in [0.5, 0.6) is 5.75 Å². The Bertz CT molecular complexity index is 1060. The second-order valence-corrected chi connectivity index (χ2v) is 8.68. The number of fused-ring (bicyclic) bond motifs is 1. The van der Waals surface area contributed by atoms with Crippen LogP contribution in [0.15, 0.2) is 53.7 Å². The lowest BCUT2D eigenvalue weighted by Gasteiger charge is -2.33. The number of rotatable bonds is 7. The summed E-state index contributed by atoms with van der Waals surface area (Å²) in [6.07, 6.45) is 1.76. The standard InChI is InChI=1S/C22H24ClN5O2S/c1-3-6-18-25-26-22-28(18)27-19(14-9-11-17(12-10-14)30-4-2)20(31-22)21(29)24-16-8-5-7-15(23)13-16/h5,7-13,19-20,27H,3-4,6H2,1-2H3,(H,24,29)/t19-,20-/m0/s1. The van der Waals surface area contributed by atoms with Gasteiger partial charge in [-0.2, -0.15) is 0 Å². The number of nitrogens with zero attached hydrogens (tertiary/aromatic N) is 3. The fourth-order valence-corrected chi connectivity index (χ4v) is 4.74. The normalized spacial score (nSPS) is 17.5. The van der Waals surface area contributed by atoms with E-state index in [1.54, 1.807) is 12.1 Å². The summed E-state index contributed by atoms with van der Waals surface area (Å²) in [5.74, 6) is 1.52. The van der Waals surface area contributed by atoms with Crippen LogP contribution < -0.4 is 15.5 Å². The van der Waals surface area contributed by atoms with Crippen molar-refractivity contribution in [1.82, 2.24) is 14.9 Å². The van der Waals surface area contributed by atoms with Gasteiger partial charge in [-0.1, -0.05) is 48.5 Å². The number of hydrogen-bond donors (Lipinski definition) is 2. The summed E-state index contributed by atoms with van der Waals surface area (Å²) in [7, 11) is 0. The zero-order valence-corrected chi connectivity index (χ0v) is 18.9. The Hall–Kier alpha value is -2.71. The van der Waals surface area contributed by atoms with Crippen molar-refractivity contribution in [2.45, 2.75) is 43.1 Å². The van der Waals surface area contributed by atoms with Gasteiger partial charge in [-0.15, -0.1) is 10.2 Å². The first-order chi connectivity index (χ1) is 15.1. The molecule has 0 fully saturated rings. The van der Waals surface area contributed by atoms with E-state index in [1.807, 2.05) is 48.0 Å². The lowest BCUT2D eigenvalue weighted by molar-refractivity contribution is -0.116. The summed E-state index contributed by atoms with van der Waals surface area (Å²) in [6.45, 7) is 4.65. The van der Waals surface area contributed by atoms with Crippen molar-refractivity contribution in [3.63, 3.8) is 0 Å². The molecule has 7 nitrogen and oxygen atoms in total. The molecule has 2 heterocycles. The van der Waals surface area contributed by atoms with Gasteiger partial charge < -0.3 is 15.5 Å². The molecule has 0 saturated carbocycles. The number of thioether (sulfide) groups is 1. The van der Waals surface area contributed by atoms with Gasteiger partial charge in [-0.05, 0) is 49.2 Å². The second-order valence-electron chi connectivity index (χ2n) is 7.13. The number of hydrogen-bond acceptors (Lipinski definition) is 6. The van der Waals surface area contributed by atoms with Crippen LogP contribution in [0.4, 0.5) is 5.69 Å². The number of aryl methyl sites for hydroxylation is 1. The van der Waals surface area contributed by atoms with E-state index in [0.29, 0.717) is 22.5 Å². The average molecular weight is 458 g/mol. The highest BCUT2D eigenvalue weighted by Crippen LogP contribution is 2.38. The van der Waals surface area contributed by atoms with Gasteiger partial charge in [0, 0.05) is 17.1 Å². The topological polar surface area (TPSA) is 81.1 Å². The Labute approximate surface area is 190 Å². The van der Waals surface area contributed by atoms with Crippen LogP contribution in [0.1, 0.15) is 37.7 Å². The third-order valence-corrected chi connectivity index (χ3v) is 6.33. The number of anilines is 1. The molecule has 1 aliphatic heterocycles. The van der Waals surface area contributed by atoms with Crippen molar-refractivity contribution >= 4 is 35.0 Å². The largest absolute Gasteiger partial charge is 0.494 e. The number of halogens is 1. The molecular weight excluding hydrogens is 434 g/mol. The monoisotopic (exact) mass is 457 g/mol. The number of carbonyl (C=O) groups excluding carboxylic acids is 1. The Morgan fingerprint density at radius 3 is 2.74 bits per heavy atom. The molecule has 0 saturated heterocycles. The van der Waals surface area contributed by atoms with E-state index < -0.39 is 5.25 Å². The zero-order chi connectivity index (χ0) is 21.8. The molecule has 1 aromatic heterocycles. The number of carbonyl (C=O) groups is 1. The smallest absolute Gasteiger partial charge is 0.240 e. The zero-order valence-electron chi connectivity index (χ0n) is 17.3. The number of ether oxygens (including phenoxy) is 1. The summed E-state index contributed by atoms with van der Waals surface area (Å²) >= 11 is 7.48. The second kappa shape index (κ2) is 9.62. The fourth-order valence-electron chi connectivity index (χ4n) is 3.45. The first kappa shape index (κ1) is 21.5. The van der Waals surface area contributed by atoms with E-state index in [1.165, 1.54) is 11.8 Å². The molecule has 9 heteroatoms. The average Bonchev–Trinajstić information content (AvgIpc) is 3.16. The van der Waals surface area contributed by atoms with Crippen LogP contribution >= 0.6 is 23.4 Å². The summed E-state index contributed by atoms with van der Waals surface area (Å²) < 4.78 is 7.47. The number of amides is 1. The predicted molar refractivity (Wildman–Crippen MR) is 123 cm³/mol. The SMILES string of the molecule is CCCc1nnc2n1N[C@@H](c1ccc(OCC)cc1)[C@@H](C(=O)Nc1cccc(Cl)c1)S2. The molecule has 4 rings (SSSR count). The minimum Gasteiger partial charge on any atom is -0.494 e. The van der Waals surface area contributed by atoms with E-state index in [4.69, 9.17) is 16.3 Å². The first-order valence-corrected chi connectivity index (χ1v) is 11.5. The van der Waals surface area contributed by atoms with Gasteiger partial charge in [0.25, 0.3) is 0 Å². The lowest BCUT2D eigenvalue weighted by Crippen LogP contribution is -2.41. The summed E-state index contributed by atoms with van der Waals surface area (Å²) in [5.41, 5.74) is 5.10. The Morgan fingerprint density at radius 1 is 1.23 bits per heavy atom. The van der Waals surface area contributed by atoms with Crippen LogP contribution in [0.3, 0.4) is 0 Å².